The van der Waals surface area contributed by atoms with E-state index in [1.165, 1.54) is 7.11 Å². The number of ether oxygens (including phenoxy) is 1. The van der Waals surface area contributed by atoms with E-state index >= 15 is 0 Å². The molecule has 0 saturated carbocycles. The van der Waals surface area contributed by atoms with Crippen molar-refractivity contribution in [1.82, 2.24) is 0 Å². The average Bonchev–Trinajstić information content (AvgIpc) is 1.82. The molecule has 0 aliphatic heterocycles. The second kappa shape index (κ2) is 6.60. The van der Waals surface area contributed by atoms with Gasteiger partial charge < -0.3 is 14.5 Å². The zero-order chi connectivity index (χ0) is 10.4. The third-order valence-corrected chi connectivity index (χ3v) is 0.995. The van der Waals surface area contributed by atoms with Crippen molar-refractivity contribution in [3.8, 4) is 0 Å². The summed E-state index contributed by atoms with van der Waals surface area (Å²) in [6.07, 6.45) is 0. The molecular formula is C5H12BrO5P. The van der Waals surface area contributed by atoms with Gasteiger partial charge in [0.25, 0.3) is 0 Å². The molecule has 0 amide bonds. The highest BCUT2D eigenvalue weighted by Gasteiger charge is 2.23. The van der Waals surface area contributed by atoms with E-state index in [9.17, 15) is 4.79 Å². The van der Waals surface area contributed by atoms with Gasteiger partial charge in [-0.2, -0.15) is 0 Å². The van der Waals surface area contributed by atoms with Gasteiger partial charge in [0.15, 0.2) is 0 Å². The van der Waals surface area contributed by atoms with Crippen LogP contribution in [0.2, 0.25) is 0 Å². The van der Waals surface area contributed by atoms with Crippen LogP contribution in [-0.4, -0.2) is 27.2 Å². The minimum absolute atomic E-state index is 0.252. The lowest BCUT2D eigenvalue weighted by atomic mass is 10.2. The summed E-state index contributed by atoms with van der Waals surface area (Å²) >= 11 is 3.13. The first kappa shape index (κ1) is 14.6. The van der Waals surface area contributed by atoms with Gasteiger partial charge in [0.1, 0.15) is 4.32 Å². The number of alkyl halides is 1. The smallest absolute Gasteiger partial charge is 0.322 e. The minimum atomic E-state index is -3.13. The number of carbonyl (C=O) groups excluding carboxylic acids is 1. The molecule has 7 heteroatoms. The lowest BCUT2D eigenvalue weighted by Gasteiger charge is -2.10. The summed E-state index contributed by atoms with van der Waals surface area (Å²) in [5, 5.41) is 0. The van der Waals surface area contributed by atoms with Gasteiger partial charge in [-0.25, -0.2) is 0 Å². The van der Waals surface area contributed by atoms with Crippen LogP contribution in [0.4, 0.5) is 0 Å². The van der Waals surface area contributed by atoms with Crippen molar-refractivity contribution in [2.45, 2.75) is 18.2 Å². The Morgan fingerprint density at radius 2 is 1.75 bits per heavy atom. The molecular weight excluding hydrogens is 251 g/mol. The van der Waals surface area contributed by atoms with E-state index in [1.54, 1.807) is 13.8 Å². The fourth-order valence-corrected chi connectivity index (χ4v) is 0.405. The largest absolute Gasteiger partial charge is 0.468 e. The number of methoxy groups -OCH3 is 1. The maximum Gasteiger partial charge on any atom is 0.322 e. The maximum absolute atomic E-state index is 10.6. The van der Waals surface area contributed by atoms with Crippen molar-refractivity contribution in [2.24, 2.45) is 0 Å². The van der Waals surface area contributed by atoms with Crippen molar-refractivity contribution < 1.29 is 23.9 Å². The Bertz CT molecular complexity index is 160. The summed E-state index contributed by atoms with van der Waals surface area (Å²) in [6.45, 7) is 3.47. The summed E-state index contributed by atoms with van der Waals surface area (Å²) in [5.41, 5.74) is 0. The number of halogens is 1. The fourth-order valence-electron chi connectivity index (χ4n) is 0.243. The number of hydrogen-bond acceptors (Lipinski definition) is 3. The van der Waals surface area contributed by atoms with Crippen LogP contribution in [0, 0.1) is 0 Å². The Labute approximate surface area is 79.8 Å². The van der Waals surface area contributed by atoms with Crippen molar-refractivity contribution in [2.75, 3.05) is 7.11 Å². The summed E-state index contributed by atoms with van der Waals surface area (Å²) in [4.78, 5) is 24.9. The van der Waals surface area contributed by atoms with Gasteiger partial charge >= 0.3 is 14.2 Å². The lowest BCUT2D eigenvalue weighted by molar-refractivity contribution is -0.142. The van der Waals surface area contributed by atoms with E-state index in [-0.39, 0.29) is 5.97 Å². The number of carbonyl (C=O) groups is 1. The summed E-state index contributed by atoms with van der Waals surface area (Å²) in [5.74, 6) is -0.252. The molecule has 0 aliphatic carbocycles. The third-order valence-electron chi connectivity index (χ3n) is 0.671. The molecule has 0 aromatic heterocycles. The first-order chi connectivity index (χ1) is 5.21. The normalized spacial score (nSPS) is 10.2. The molecule has 2 N–H and O–H groups in total. The zero-order valence-electron chi connectivity index (χ0n) is 7.00. The first-order valence-electron chi connectivity index (χ1n) is 2.91. The van der Waals surface area contributed by atoms with Gasteiger partial charge in [-0.1, -0.05) is 15.9 Å². The van der Waals surface area contributed by atoms with Crippen LogP contribution >= 0.6 is 24.2 Å². The standard InChI is InChI=1S/C5H9BrO2.H3O3P/c1-5(2,6)4(7)8-3;1-4(2)3/h1-3H3;4H,(H2,1,2,3). The van der Waals surface area contributed by atoms with Gasteiger partial charge in [-0.15, -0.1) is 0 Å². The van der Waals surface area contributed by atoms with E-state index in [2.05, 4.69) is 20.7 Å². The molecule has 0 spiro atoms. The molecule has 0 aromatic carbocycles. The number of hydrogen-bond donors (Lipinski definition) is 2. The van der Waals surface area contributed by atoms with Gasteiger partial charge in [0.05, 0.1) is 7.11 Å². The van der Waals surface area contributed by atoms with Crippen LogP contribution in [0.15, 0.2) is 0 Å². The quantitative estimate of drug-likeness (QED) is 0.413. The molecule has 12 heavy (non-hydrogen) atoms. The van der Waals surface area contributed by atoms with E-state index in [4.69, 9.17) is 14.4 Å². The van der Waals surface area contributed by atoms with Crippen molar-refractivity contribution in [1.29, 1.82) is 0 Å². The Morgan fingerprint density at radius 1 is 1.50 bits per heavy atom. The molecule has 0 aliphatic rings. The second-order valence-corrected chi connectivity index (χ2v) is 4.79. The molecule has 0 unspecified atom stereocenters. The molecule has 0 heterocycles. The Kier molecular flexibility index (Phi) is 8.04. The topological polar surface area (TPSA) is 83.8 Å². The predicted molar refractivity (Wildman–Crippen MR) is 48.5 cm³/mol. The SMILES string of the molecule is COC(=O)C(C)(C)Br.O=[PH](O)O. The van der Waals surface area contributed by atoms with Gasteiger partial charge in [-0.05, 0) is 13.8 Å². The van der Waals surface area contributed by atoms with Crippen molar-refractivity contribution in [3.05, 3.63) is 0 Å². The van der Waals surface area contributed by atoms with Crippen LogP contribution in [0.25, 0.3) is 0 Å². The second-order valence-electron chi connectivity index (χ2n) is 2.25. The number of rotatable bonds is 1. The number of esters is 1. The molecule has 74 valence electrons. The summed E-state index contributed by atoms with van der Waals surface area (Å²) in [6, 6.07) is 0. The third kappa shape index (κ3) is 12.7. The highest BCUT2D eigenvalue weighted by atomic mass is 79.9. The molecule has 0 bridgehead atoms. The van der Waals surface area contributed by atoms with Crippen LogP contribution < -0.4 is 0 Å². The average molecular weight is 263 g/mol. The summed E-state index contributed by atoms with van der Waals surface area (Å²) in [7, 11) is -1.76. The van der Waals surface area contributed by atoms with Gasteiger partial charge in [0, 0.05) is 0 Å². The maximum atomic E-state index is 10.6. The van der Waals surface area contributed by atoms with Gasteiger partial charge in [-0.3, -0.25) is 9.36 Å². The van der Waals surface area contributed by atoms with Crippen LogP contribution in [0.1, 0.15) is 13.8 Å². The Hall–Kier alpha value is 0.1000. The van der Waals surface area contributed by atoms with Crippen molar-refractivity contribution in [3.63, 3.8) is 0 Å². The Balaban J connectivity index is 0. The van der Waals surface area contributed by atoms with E-state index < -0.39 is 12.6 Å². The monoisotopic (exact) mass is 262 g/mol. The van der Waals surface area contributed by atoms with Crippen LogP contribution in [0.3, 0.4) is 0 Å². The zero-order valence-corrected chi connectivity index (χ0v) is 9.58. The lowest BCUT2D eigenvalue weighted by Crippen LogP contribution is -2.24. The molecule has 0 saturated heterocycles. The van der Waals surface area contributed by atoms with E-state index in [0.717, 1.165) is 0 Å². The highest BCUT2D eigenvalue weighted by Crippen LogP contribution is 2.16. The summed E-state index contributed by atoms with van der Waals surface area (Å²) < 4.78 is 12.6. The molecule has 0 atom stereocenters. The molecule has 0 radical (unpaired) electrons. The first-order valence-corrected chi connectivity index (χ1v) is 5.00. The molecule has 0 fully saturated rings. The van der Waals surface area contributed by atoms with E-state index in [0.29, 0.717) is 0 Å². The van der Waals surface area contributed by atoms with E-state index in [1.807, 2.05) is 0 Å². The van der Waals surface area contributed by atoms with Gasteiger partial charge in [0.2, 0.25) is 0 Å². The molecule has 0 rings (SSSR count). The van der Waals surface area contributed by atoms with Crippen LogP contribution in [-0.2, 0) is 14.1 Å². The predicted octanol–water partition coefficient (Wildman–Crippen LogP) is 0.694. The molecule has 0 aromatic rings. The fraction of sp³-hybridized carbons (Fsp3) is 0.800. The molecule has 5 nitrogen and oxygen atoms in total. The highest BCUT2D eigenvalue weighted by molar-refractivity contribution is 9.10. The Morgan fingerprint density at radius 3 is 1.75 bits per heavy atom. The minimum Gasteiger partial charge on any atom is -0.468 e. The van der Waals surface area contributed by atoms with Crippen molar-refractivity contribution >= 4 is 30.2 Å². The van der Waals surface area contributed by atoms with Crippen LogP contribution in [0.5, 0.6) is 0 Å².